The molecule has 0 aliphatic heterocycles. The normalized spacial score (nSPS) is 10.7. The molecule has 0 bridgehead atoms. The molecular weight excluding hydrogens is 360 g/mol. The van der Waals surface area contributed by atoms with Crippen LogP contribution in [0, 0.1) is 12.3 Å². The molecule has 1 rings (SSSR count). The first-order valence-electron chi connectivity index (χ1n) is 7.46. The number of sulfonamides is 1. The van der Waals surface area contributed by atoms with Crippen LogP contribution in [0.15, 0.2) is 29.2 Å². The summed E-state index contributed by atoms with van der Waals surface area (Å²) in [6.07, 6.45) is 4.98. The summed E-state index contributed by atoms with van der Waals surface area (Å²) in [6, 6.07) is 5.44. The van der Waals surface area contributed by atoms with Gasteiger partial charge in [-0.15, -0.1) is 6.42 Å². The van der Waals surface area contributed by atoms with Gasteiger partial charge >= 0.3 is 0 Å². The zero-order valence-corrected chi connectivity index (χ0v) is 15.2. The van der Waals surface area contributed by atoms with Crippen LogP contribution in [-0.4, -0.2) is 64.2 Å². The number of benzene rings is 1. The summed E-state index contributed by atoms with van der Waals surface area (Å²) in [7, 11) is -0.912. The smallest absolute Gasteiger partial charge is 0.251 e. The molecule has 1 aromatic carbocycles. The van der Waals surface area contributed by atoms with Gasteiger partial charge in [-0.25, -0.2) is 12.7 Å². The van der Waals surface area contributed by atoms with E-state index < -0.39 is 27.7 Å². The van der Waals surface area contributed by atoms with E-state index in [1.165, 1.54) is 38.4 Å². The average molecular weight is 380 g/mol. The van der Waals surface area contributed by atoms with Crippen LogP contribution in [0.4, 0.5) is 0 Å². The first-order chi connectivity index (χ1) is 12.2. The molecule has 0 aliphatic carbocycles. The van der Waals surface area contributed by atoms with Gasteiger partial charge in [-0.1, -0.05) is 12.0 Å². The molecule has 140 valence electrons. The van der Waals surface area contributed by atoms with Gasteiger partial charge in [0.1, 0.15) is 0 Å². The van der Waals surface area contributed by atoms with E-state index in [0.29, 0.717) is 0 Å². The summed E-state index contributed by atoms with van der Waals surface area (Å²) in [4.78, 5) is 34.9. The maximum absolute atomic E-state index is 12.1. The third-order valence-corrected chi connectivity index (χ3v) is 4.93. The van der Waals surface area contributed by atoms with E-state index in [1.807, 2.05) is 0 Å². The summed E-state index contributed by atoms with van der Waals surface area (Å²) < 4.78 is 25.2. The summed E-state index contributed by atoms with van der Waals surface area (Å²) in [5.74, 6) is 0.569. The maximum Gasteiger partial charge on any atom is 0.251 e. The Morgan fingerprint density at radius 2 is 1.69 bits per heavy atom. The third-order valence-electron chi connectivity index (χ3n) is 3.12. The number of hydrogen-bond acceptors (Lipinski definition) is 5. The van der Waals surface area contributed by atoms with E-state index in [0.717, 1.165) is 4.31 Å². The fourth-order valence-electron chi connectivity index (χ4n) is 1.72. The molecule has 0 fully saturated rings. The molecule has 0 saturated heterocycles. The van der Waals surface area contributed by atoms with Crippen molar-refractivity contribution in [3.05, 3.63) is 29.8 Å². The predicted molar refractivity (Wildman–Crippen MR) is 94.5 cm³/mol. The van der Waals surface area contributed by atoms with Gasteiger partial charge in [0.05, 0.1) is 24.5 Å². The van der Waals surface area contributed by atoms with Crippen LogP contribution >= 0.6 is 0 Å². The van der Waals surface area contributed by atoms with Crippen LogP contribution in [0.1, 0.15) is 10.4 Å². The van der Waals surface area contributed by atoms with Gasteiger partial charge in [-0.05, 0) is 18.2 Å². The Labute approximate surface area is 152 Å². The van der Waals surface area contributed by atoms with Gasteiger partial charge in [-0.2, -0.15) is 0 Å². The standard InChI is InChI=1S/C16H20N4O5S/c1-4-8-17-14(21)10-18-15(22)11-19-16(23)12-6-5-7-13(9-12)26(24,25)20(2)3/h1,5-7,9H,8,10-11H2,2-3H3,(H,17,21)(H,18,22)(H,19,23). The molecule has 1 aromatic rings. The zero-order chi connectivity index (χ0) is 19.7. The highest BCUT2D eigenvalue weighted by Gasteiger charge is 2.19. The predicted octanol–water partition coefficient (Wildman–Crippen LogP) is -1.47. The van der Waals surface area contributed by atoms with Gasteiger partial charge in [0.2, 0.25) is 21.8 Å². The second-order valence-electron chi connectivity index (χ2n) is 5.26. The average Bonchev–Trinajstić information content (AvgIpc) is 2.62. The van der Waals surface area contributed by atoms with Crippen molar-refractivity contribution < 1.29 is 22.8 Å². The highest BCUT2D eigenvalue weighted by Crippen LogP contribution is 2.14. The lowest BCUT2D eigenvalue weighted by molar-refractivity contribution is -0.125. The van der Waals surface area contributed by atoms with Crippen molar-refractivity contribution in [1.29, 1.82) is 0 Å². The van der Waals surface area contributed by atoms with Crippen LogP contribution in [0.25, 0.3) is 0 Å². The van der Waals surface area contributed by atoms with Gasteiger partial charge < -0.3 is 16.0 Å². The molecule has 3 amide bonds. The molecule has 10 heteroatoms. The van der Waals surface area contributed by atoms with Crippen LogP contribution in [0.3, 0.4) is 0 Å². The van der Waals surface area contributed by atoms with Crippen LogP contribution in [-0.2, 0) is 19.6 Å². The Balaban J connectivity index is 2.60. The summed E-state index contributed by atoms with van der Waals surface area (Å²) in [6.45, 7) is -0.587. The molecule has 0 saturated carbocycles. The fraction of sp³-hybridized carbons (Fsp3) is 0.312. The Bertz CT molecular complexity index is 827. The lowest BCUT2D eigenvalue weighted by Crippen LogP contribution is -2.42. The van der Waals surface area contributed by atoms with E-state index >= 15 is 0 Å². The van der Waals surface area contributed by atoms with Crippen molar-refractivity contribution in [2.75, 3.05) is 33.7 Å². The number of nitrogens with one attached hydrogen (secondary N) is 3. The number of amides is 3. The van der Waals surface area contributed by atoms with E-state index in [2.05, 4.69) is 21.9 Å². The third kappa shape index (κ3) is 6.19. The minimum Gasteiger partial charge on any atom is -0.346 e. The Hall–Kier alpha value is -2.90. The zero-order valence-electron chi connectivity index (χ0n) is 14.4. The second kappa shape index (κ2) is 9.55. The lowest BCUT2D eigenvalue weighted by Gasteiger charge is -2.12. The van der Waals surface area contributed by atoms with Crippen molar-refractivity contribution in [2.24, 2.45) is 0 Å². The topological polar surface area (TPSA) is 125 Å². The maximum atomic E-state index is 12.1. The molecule has 0 aliphatic rings. The van der Waals surface area contributed by atoms with Crippen LogP contribution < -0.4 is 16.0 Å². The molecule has 3 N–H and O–H groups in total. The molecule has 9 nitrogen and oxygen atoms in total. The summed E-state index contributed by atoms with van der Waals surface area (Å²) in [5.41, 5.74) is 0.0903. The monoisotopic (exact) mass is 380 g/mol. The number of carbonyl (C=O) groups excluding carboxylic acids is 3. The first-order valence-corrected chi connectivity index (χ1v) is 8.90. The number of hydrogen-bond donors (Lipinski definition) is 3. The Morgan fingerprint density at radius 1 is 1.08 bits per heavy atom. The molecule has 26 heavy (non-hydrogen) atoms. The molecule has 0 unspecified atom stereocenters. The first kappa shape index (κ1) is 21.1. The second-order valence-corrected chi connectivity index (χ2v) is 7.41. The quantitative estimate of drug-likeness (QED) is 0.475. The number of rotatable bonds is 8. The minimum atomic E-state index is -3.67. The Kier molecular flexibility index (Phi) is 7.77. The Morgan fingerprint density at radius 3 is 2.31 bits per heavy atom. The highest BCUT2D eigenvalue weighted by molar-refractivity contribution is 7.89. The fourth-order valence-corrected chi connectivity index (χ4v) is 2.67. The van der Waals surface area contributed by atoms with Crippen LogP contribution in [0.5, 0.6) is 0 Å². The highest BCUT2D eigenvalue weighted by atomic mass is 32.2. The molecule has 0 heterocycles. The number of carbonyl (C=O) groups is 3. The van der Waals surface area contributed by atoms with E-state index in [9.17, 15) is 22.8 Å². The SMILES string of the molecule is C#CCNC(=O)CNC(=O)CNC(=O)c1cccc(S(=O)(=O)N(C)C)c1. The number of terminal acetylenes is 1. The molecule has 0 atom stereocenters. The van der Waals surface area contributed by atoms with E-state index in [1.54, 1.807) is 0 Å². The van der Waals surface area contributed by atoms with Crippen molar-refractivity contribution >= 4 is 27.7 Å². The van der Waals surface area contributed by atoms with Crippen molar-refractivity contribution in [2.45, 2.75) is 4.90 Å². The molecule has 0 spiro atoms. The van der Waals surface area contributed by atoms with Crippen molar-refractivity contribution in [1.82, 2.24) is 20.3 Å². The van der Waals surface area contributed by atoms with Gasteiger partial charge in [-0.3, -0.25) is 14.4 Å². The van der Waals surface area contributed by atoms with Crippen LogP contribution in [0.2, 0.25) is 0 Å². The summed E-state index contributed by atoms with van der Waals surface area (Å²) >= 11 is 0. The van der Waals surface area contributed by atoms with Gasteiger partial charge in [0.15, 0.2) is 0 Å². The van der Waals surface area contributed by atoms with Crippen molar-refractivity contribution in [3.63, 3.8) is 0 Å². The molecule has 0 aromatic heterocycles. The van der Waals surface area contributed by atoms with Crippen molar-refractivity contribution in [3.8, 4) is 12.3 Å². The largest absolute Gasteiger partial charge is 0.346 e. The molecule has 0 radical (unpaired) electrons. The summed E-state index contributed by atoms with van der Waals surface area (Å²) in [5, 5.41) is 7.03. The minimum absolute atomic E-state index is 0.0372. The molecular formula is C16H20N4O5S. The lowest BCUT2D eigenvalue weighted by atomic mass is 10.2. The van der Waals surface area contributed by atoms with E-state index in [-0.39, 0.29) is 30.1 Å². The van der Waals surface area contributed by atoms with Gasteiger partial charge in [0, 0.05) is 19.7 Å². The van der Waals surface area contributed by atoms with Gasteiger partial charge in [0.25, 0.3) is 5.91 Å². The van der Waals surface area contributed by atoms with E-state index in [4.69, 9.17) is 6.42 Å². The number of nitrogens with zero attached hydrogens (tertiary/aromatic N) is 1.